The van der Waals surface area contributed by atoms with Gasteiger partial charge < -0.3 is 15.3 Å². The first-order valence-corrected chi connectivity index (χ1v) is 8.51. The Kier molecular flexibility index (Phi) is 6.51. The number of nitrogens with zero attached hydrogens (tertiary/aromatic N) is 3. The van der Waals surface area contributed by atoms with E-state index in [9.17, 15) is 19.7 Å². The summed E-state index contributed by atoms with van der Waals surface area (Å²) in [7, 11) is 1.59. The Morgan fingerprint density at radius 1 is 1.35 bits per heavy atom. The summed E-state index contributed by atoms with van der Waals surface area (Å²) in [5.41, 5.74) is 0.461. The quantitative estimate of drug-likeness (QED) is 0.535. The number of aliphatic carboxylic acids is 1. The van der Waals surface area contributed by atoms with E-state index in [0.717, 1.165) is 0 Å². The van der Waals surface area contributed by atoms with Crippen LogP contribution in [-0.2, 0) is 11.3 Å². The van der Waals surface area contributed by atoms with Crippen molar-refractivity contribution in [2.75, 3.05) is 20.1 Å². The van der Waals surface area contributed by atoms with Crippen molar-refractivity contribution in [2.45, 2.75) is 38.4 Å². The van der Waals surface area contributed by atoms with Crippen LogP contribution in [0.2, 0.25) is 0 Å². The lowest BCUT2D eigenvalue weighted by molar-refractivity contribution is -0.385. The summed E-state index contributed by atoms with van der Waals surface area (Å²) < 4.78 is 0. The molecule has 0 saturated heterocycles. The lowest BCUT2D eigenvalue weighted by Gasteiger charge is -2.42. The zero-order chi connectivity index (χ0) is 19.3. The molecule has 26 heavy (non-hydrogen) atoms. The fraction of sp³-hybridized carbons (Fsp3) is 0.529. The van der Waals surface area contributed by atoms with Crippen LogP contribution in [-0.4, -0.2) is 64.1 Å². The summed E-state index contributed by atoms with van der Waals surface area (Å²) in [6, 6.07) is 6.18. The van der Waals surface area contributed by atoms with Gasteiger partial charge in [-0.15, -0.1) is 0 Å². The summed E-state index contributed by atoms with van der Waals surface area (Å²) in [6.45, 7) is 2.70. The highest BCUT2D eigenvalue weighted by Gasteiger charge is 2.35. The first-order valence-electron chi connectivity index (χ1n) is 8.51. The summed E-state index contributed by atoms with van der Waals surface area (Å²) in [5.74, 6) is -0.858. The number of nitro benzene ring substituents is 1. The third-order valence-corrected chi connectivity index (χ3v) is 4.64. The minimum absolute atomic E-state index is 0.000585. The van der Waals surface area contributed by atoms with Gasteiger partial charge in [-0.2, -0.15) is 0 Å². The van der Waals surface area contributed by atoms with Gasteiger partial charge in [-0.3, -0.25) is 19.8 Å². The van der Waals surface area contributed by atoms with E-state index < -0.39 is 10.9 Å². The fourth-order valence-corrected chi connectivity index (χ4v) is 3.11. The predicted octanol–water partition coefficient (Wildman–Crippen LogP) is 1.67. The van der Waals surface area contributed by atoms with Crippen LogP contribution < -0.4 is 5.32 Å². The molecular formula is C17H24N4O5. The molecule has 0 unspecified atom stereocenters. The molecule has 1 aliphatic rings. The molecule has 9 heteroatoms. The predicted molar refractivity (Wildman–Crippen MR) is 94.8 cm³/mol. The van der Waals surface area contributed by atoms with Gasteiger partial charge in [0.1, 0.15) is 0 Å². The molecule has 0 aliphatic heterocycles. The number of carboxylic acid groups (broad SMARTS) is 1. The average molecular weight is 364 g/mol. The Balaban J connectivity index is 1.84. The Morgan fingerprint density at radius 3 is 2.58 bits per heavy atom. The highest BCUT2D eigenvalue weighted by atomic mass is 16.6. The second kappa shape index (κ2) is 8.61. The summed E-state index contributed by atoms with van der Waals surface area (Å²) >= 11 is 0. The van der Waals surface area contributed by atoms with Crippen molar-refractivity contribution >= 4 is 17.7 Å². The van der Waals surface area contributed by atoms with Crippen molar-refractivity contribution in [1.82, 2.24) is 15.1 Å². The van der Waals surface area contributed by atoms with Gasteiger partial charge in [-0.25, -0.2) is 4.79 Å². The molecule has 2 rings (SSSR count). The zero-order valence-corrected chi connectivity index (χ0v) is 14.9. The number of carbonyl (C=O) groups excluding carboxylic acids is 1. The summed E-state index contributed by atoms with van der Waals surface area (Å²) in [5, 5.41) is 22.8. The minimum Gasteiger partial charge on any atom is -0.480 e. The number of nitrogens with one attached hydrogen (secondary N) is 1. The van der Waals surface area contributed by atoms with E-state index in [1.54, 1.807) is 25.2 Å². The van der Waals surface area contributed by atoms with Gasteiger partial charge in [0, 0.05) is 30.8 Å². The molecule has 9 nitrogen and oxygen atoms in total. The SMILES string of the molecule is CCN(CC(=O)O)C1CC(NC(=O)N(C)Cc2ccccc2[N+](=O)[O-])C1. The summed E-state index contributed by atoms with van der Waals surface area (Å²) in [6.07, 6.45) is 1.40. The van der Waals surface area contributed by atoms with Crippen LogP contribution in [0.4, 0.5) is 10.5 Å². The molecule has 1 aliphatic carbocycles. The number of urea groups is 1. The molecule has 1 fully saturated rings. The maximum atomic E-state index is 12.3. The Labute approximate surface area is 151 Å². The number of carboxylic acids is 1. The number of hydrogen-bond acceptors (Lipinski definition) is 5. The first kappa shape index (κ1) is 19.6. The Morgan fingerprint density at radius 2 is 2.00 bits per heavy atom. The zero-order valence-electron chi connectivity index (χ0n) is 14.9. The highest BCUT2D eigenvalue weighted by Crippen LogP contribution is 2.26. The number of amides is 2. The van der Waals surface area contributed by atoms with E-state index in [-0.39, 0.29) is 36.9 Å². The van der Waals surface area contributed by atoms with Crippen LogP contribution in [0.1, 0.15) is 25.3 Å². The van der Waals surface area contributed by atoms with Crippen LogP contribution in [0.15, 0.2) is 24.3 Å². The monoisotopic (exact) mass is 364 g/mol. The largest absolute Gasteiger partial charge is 0.480 e. The number of benzene rings is 1. The topological polar surface area (TPSA) is 116 Å². The van der Waals surface area contributed by atoms with Crippen LogP contribution in [0.3, 0.4) is 0 Å². The van der Waals surface area contributed by atoms with E-state index >= 15 is 0 Å². The maximum absolute atomic E-state index is 12.3. The van der Waals surface area contributed by atoms with Gasteiger partial charge in [-0.1, -0.05) is 25.1 Å². The van der Waals surface area contributed by atoms with E-state index in [1.165, 1.54) is 11.0 Å². The Bertz CT molecular complexity index is 675. The van der Waals surface area contributed by atoms with Gasteiger partial charge >= 0.3 is 12.0 Å². The lowest BCUT2D eigenvalue weighted by atomic mass is 9.85. The second-order valence-corrected chi connectivity index (χ2v) is 6.47. The molecule has 142 valence electrons. The average Bonchev–Trinajstić information content (AvgIpc) is 2.55. The molecule has 1 aromatic rings. The standard InChI is InChI=1S/C17H24N4O5/c1-3-20(11-16(22)23)14-8-13(9-14)18-17(24)19(2)10-12-6-4-5-7-15(12)21(25)26/h4-7,13-14H,3,8-11H2,1-2H3,(H,18,24)(H,22,23). The minimum atomic E-state index is -0.858. The molecule has 0 radical (unpaired) electrons. The molecule has 0 spiro atoms. The van der Waals surface area contributed by atoms with Crippen molar-refractivity contribution in [2.24, 2.45) is 0 Å². The van der Waals surface area contributed by atoms with Crippen molar-refractivity contribution in [3.05, 3.63) is 39.9 Å². The molecule has 0 atom stereocenters. The third kappa shape index (κ3) is 4.92. The fourth-order valence-electron chi connectivity index (χ4n) is 3.11. The first-order chi connectivity index (χ1) is 12.3. The van der Waals surface area contributed by atoms with Gasteiger partial charge in [-0.05, 0) is 19.4 Å². The normalized spacial score (nSPS) is 18.9. The molecular weight excluding hydrogens is 340 g/mol. The van der Waals surface area contributed by atoms with Crippen LogP contribution in [0, 0.1) is 10.1 Å². The van der Waals surface area contributed by atoms with E-state index in [0.29, 0.717) is 24.9 Å². The lowest BCUT2D eigenvalue weighted by Crippen LogP contribution is -2.56. The second-order valence-electron chi connectivity index (χ2n) is 6.47. The van der Waals surface area contributed by atoms with Crippen LogP contribution in [0.25, 0.3) is 0 Å². The smallest absolute Gasteiger partial charge is 0.317 e. The van der Waals surface area contributed by atoms with Crippen molar-refractivity contribution < 1.29 is 19.6 Å². The van der Waals surface area contributed by atoms with Gasteiger partial charge in [0.25, 0.3) is 5.69 Å². The highest BCUT2D eigenvalue weighted by molar-refractivity contribution is 5.74. The van der Waals surface area contributed by atoms with E-state index in [1.807, 2.05) is 11.8 Å². The number of para-hydroxylation sites is 1. The van der Waals surface area contributed by atoms with E-state index in [4.69, 9.17) is 5.11 Å². The van der Waals surface area contributed by atoms with Crippen molar-refractivity contribution in [1.29, 1.82) is 0 Å². The number of carbonyl (C=O) groups is 2. The molecule has 0 heterocycles. The van der Waals surface area contributed by atoms with Crippen molar-refractivity contribution in [3.63, 3.8) is 0 Å². The molecule has 0 bridgehead atoms. The number of rotatable bonds is 8. The van der Waals surface area contributed by atoms with Gasteiger partial charge in [0.2, 0.25) is 0 Å². The Hall–Kier alpha value is -2.68. The van der Waals surface area contributed by atoms with Gasteiger partial charge in [0.05, 0.1) is 18.0 Å². The third-order valence-electron chi connectivity index (χ3n) is 4.64. The molecule has 1 aromatic carbocycles. The molecule has 2 N–H and O–H groups in total. The van der Waals surface area contributed by atoms with Gasteiger partial charge in [0.15, 0.2) is 0 Å². The number of hydrogen-bond donors (Lipinski definition) is 2. The van der Waals surface area contributed by atoms with Crippen molar-refractivity contribution in [3.8, 4) is 0 Å². The van der Waals surface area contributed by atoms with E-state index in [2.05, 4.69) is 5.32 Å². The maximum Gasteiger partial charge on any atom is 0.317 e. The number of nitro groups is 1. The number of likely N-dealkylation sites (N-methyl/N-ethyl adjacent to an activating group) is 1. The molecule has 1 saturated carbocycles. The van der Waals surface area contributed by atoms with Crippen LogP contribution >= 0.6 is 0 Å². The summed E-state index contributed by atoms with van der Waals surface area (Å²) in [4.78, 5) is 37.0. The van der Waals surface area contributed by atoms with Crippen LogP contribution in [0.5, 0.6) is 0 Å². The molecule has 2 amide bonds. The molecule has 0 aromatic heterocycles.